The fourth-order valence-corrected chi connectivity index (χ4v) is 2.39. The molecule has 2 aromatic carbocycles. The molecule has 6 heteroatoms. The Morgan fingerprint density at radius 1 is 1.04 bits per heavy atom. The summed E-state index contributed by atoms with van der Waals surface area (Å²) in [4.78, 5) is 13.8. The van der Waals surface area contributed by atoms with Crippen LogP contribution in [-0.4, -0.2) is 55.4 Å². The number of nitrogens with zero attached hydrogens (tertiary/aromatic N) is 1. The zero-order chi connectivity index (χ0) is 18.9. The van der Waals surface area contributed by atoms with Gasteiger partial charge >= 0.3 is 0 Å². The van der Waals surface area contributed by atoms with Crippen molar-refractivity contribution in [1.29, 1.82) is 0 Å². The quantitative estimate of drug-likeness (QED) is 0.744. The van der Waals surface area contributed by atoms with Crippen molar-refractivity contribution < 1.29 is 24.1 Å². The Balaban J connectivity index is 1.77. The first-order valence-corrected chi connectivity index (χ1v) is 8.41. The van der Waals surface area contributed by atoms with Gasteiger partial charge in [-0.05, 0) is 43.3 Å². The van der Waals surface area contributed by atoms with E-state index in [9.17, 15) is 9.90 Å². The number of methoxy groups -OCH3 is 1. The predicted octanol–water partition coefficient (Wildman–Crippen LogP) is 2.36. The van der Waals surface area contributed by atoms with E-state index in [0.717, 1.165) is 5.75 Å². The van der Waals surface area contributed by atoms with Crippen molar-refractivity contribution in [1.82, 2.24) is 4.90 Å². The van der Waals surface area contributed by atoms with Crippen LogP contribution in [0.4, 0.5) is 0 Å². The van der Waals surface area contributed by atoms with Crippen molar-refractivity contribution in [3.05, 3.63) is 54.6 Å². The van der Waals surface area contributed by atoms with Crippen molar-refractivity contribution >= 4 is 5.91 Å². The average molecular weight is 359 g/mol. The zero-order valence-corrected chi connectivity index (χ0v) is 15.3. The van der Waals surface area contributed by atoms with Gasteiger partial charge in [-0.2, -0.15) is 0 Å². The van der Waals surface area contributed by atoms with E-state index in [4.69, 9.17) is 14.2 Å². The number of hydrogen-bond donors (Lipinski definition) is 1. The van der Waals surface area contributed by atoms with Crippen LogP contribution in [0.3, 0.4) is 0 Å². The number of ether oxygens (including phenoxy) is 3. The number of aliphatic hydroxyl groups is 1. The predicted molar refractivity (Wildman–Crippen MR) is 98.7 cm³/mol. The van der Waals surface area contributed by atoms with Crippen LogP contribution in [-0.2, 0) is 4.79 Å². The molecule has 0 bridgehead atoms. The van der Waals surface area contributed by atoms with Gasteiger partial charge in [0.15, 0.2) is 6.10 Å². The fourth-order valence-electron chi connectivity index (χ4n) is 2.39. The summed E-state index contributed by atoms with van der Waals surface area (Å²) >= 11 is 0. The van der Waals surface area contributed by atoms with Crippen LogP contribution in [0.15, 0.2) is 54.6 Å². The molecule has 2 rings (SSSR count). The van der Waals surface area contributed by atoms with E-state index >= 15 is 0 Å². The van der Waals surface area contributed by atoms with Gasteiger partial charge in [0.1, 0.15) is 30.0 Å². The Bertz CT molecular complexity index is 674. The molecule has 0 unspecified atom stereocenters. The second kappa shape index (κ2) is 9.68. The van der Waals surface area contributed by atoms with Crippen molar-refractivity contribution in [2.75, 3.05) is 27.3 Å². The van der Waals surface area contributed by atoms with Crippen LogP contribution in [0, 0.1) is 0 Å². The molecule has 0 aliphatic carbocycles. The molecule has 1 amide bonds. The molecule has 0 fully saturated rings. The molecule has 1 N–H and O–H groups in total. The summed E-state index contributed by atoms with van der Waals surface area (Å²) in [6, 6.07) is 16.2. The molecule has 0 spiro atoms. The van der Waals surface area contributed by atoms with Gasteiger partial charge in [0.2, 0.25) is 0 Å². The maximum absolute atomic E-state index is 12.4. The Morgan fingerprint density at radius 3 is 2.27 bits per heavy atom. The third kappa shape index (κ3) is 5.97. The molecule has 140 valence electrons. The molecule has 0 aliphatic heterocycles. The van der Waals surface area contributed by atoms with Gasteiger partial charge in [0.05, 0.1) is 7.11 Å². The topological polar surface area (TPSA) is 68.2 Å². The number of amides is 1. The minimum absolute atomic E-state index is 0.0812. The third-order valence-corrected chi connectivity index (χ3v) is 3.77. The van der Waals surface area contributed by atoms with Gasteiger partial charge in [0.25, 0.3) is 5.91 Å². The molecule has 6 nitrogen and oxygen atoms in total. The number of hydrogen-bond acceptors (Lipinski definition) is 5. The molecule has 0 aliphatic rings. The molecular weight excluding hydrogens is 334 g/mol. The summed E-state index contributed by atoms with van der Waals surface area (Å²) in [5, 5.41) is 10.1. The highest BCUT2D eigenvalue weighted by Gasteiger charge is 2.21. The summed E-state index contributed by atoms with van der Waals surface area (Å²) in [6.07, 6.45) is -1.45. The third-order valence-electron chi connectivity index (χ3n) is 3.77. The van der Waals surface area contributed by atoms with E-state index in [1.165, 1.54) is 4.90 Å². The highest BCUT2D eigenvalue weighted by molar-refractivity contribution is 5.80. The van der Waals surface area contributed by atoms with Crippen molar-refractivity contribution in [3.8, 4) is 17.2 Å². The van der Waals surface area contributed by atoms with E-state index in [1.807, 2.05) is 18.2 Å². The van der Waals surface area contributed by atoms with Crippen LogP contribution in [0.5, 0.6) is 17.2 Å². The lowest BCUT2D eigenvalue weighted by molar-refractivity contribution is -0.138. The first-order chi connectivity index (χ1) is 12.5. The zero-order valence-electron chi connectivity index (χ0n) is 15.3. The maximum atomic E-state index is 12.4. The number of para-hydroxylation sites is 1. The summed E-state index contributed by atoms with van der Waals surface area (Å²) in [6.45, 7) is 1.92. The first-order valence-electron chi connectivity index (χ1n) is 8.41. The second-order valence-corrected chi connectivity index (χ2v) is 5.93. The van der Waals surface area contributed by atoms with E-state index in [0.29, 0.717) is 11.5 Å². The Morgan fingerprint density at radius 2 is 1.65 bits per heavy atom. The summed E-state index contributed by atoms with van der Waals surface area (Å²) in [7, 11) is 3.22. The summed E-state index contributed by atoms with van der Waals surface area (Å²) in [5.74, 6) is 1.78. The van der Waals surface area contributed by atoms with Crippen molar-refractivity contribution in [2.45, 2.75) is 19.1 Å². The van der Waals surface area contributed by atoms with Gasteiger partial charge in [-0.15, -0.1) is 0 Å². The molecule has 0 heterocycles. The highest BCUT2D eigenvalue weighted by Crippen LogP contribution is 2.17. The molecule has 0 radical (unpaired) electrons. The molecule has 0 saturated carbocycles. The number of rotatable bonds is 9. The Hall–Kier alpha value is -2.73. The van der Waals surface area contributed by atoms with E-state index in [-0.39, 0.29) is 19.1 Å². The maximum Gasteiger partial charge on any atom is 0.263 e. The number of aliphatic hydroxyl groups excluding tert-OH is 1. The summed E-state index contributed by atoms with van der Waals surface area (Å²) < 4.78 is 16.2. The first kappa shape index (κ1) is 19.6. The molecule has 2 atom stereocenters. The normalized spacial score (nSPS) is 12.8. The smallest absolute Gasteiger partial charge is 0.263 e. The lowest BCUT2D eigenvalue weighted by Gasteiger charge is -2.24. The lowest BCUT2D eigenvalue weighted by Crippen LogP contribution is -2.43. The van der Waals surface area contributed by atoms with Gasteiger partial charge < -0.3 is 24.2 Å². The number of likely N-dealkylation sites (N-methyl/N-ethyl adjacent to an activating group) is 1. The van der Waals surface area contributed by atoms with Gasteiger partial charge in [-0.3, -0.25) is 4.79 Å². The van der Waals surface area contributed by atoms with Gasteiger partial charge in [-0.1, -0.05) is 18.2 Å². The summed E-state index contributed by atoms with van der Waals surface area (Å²) in [5.41, 5.74) is 0. The van der Waals surface area contributed by atoms with E-state index in [2.05, 4.69) is 0 Å². The van der Waals surface area contributed by atoms with Crippen molar-refractivity contribution in [3.63, 3.8) is 0 Å². The average Bonchev–Trinajstić information content (AvgIpc) is 2.66. The highest BCUT2D eigenvalue weighted by atomic mass is 16.5. The molecule has 0 saturated heterocycles. The number of carbonyl (C=O) groups is 1. The number of carbonyl (C=O) groups excluding carboxylic acids is 1. The number of benzene rings is 2. The van der Waals surface area contributed by atoms with Crippen molar-refractivity contribution in [2.24, 2.45) is 0 Å². The van der Waals surface area contributed by atoms with E-state index in [1.54, 1.807) is 57.5 Å². The monoisotopic (exact) mass is 359 g/mol. The lowest BCUT2D eigenvalue weighted by atomic mass is 10.3. The SMILES string of the molecule is COc1ccc(OC[C@H](O)CN(C)C(=O)[C@@H](C)Oc2ccccc2)cc1. The Kier molecular flexibility index (Phi) is 7.29. The fraction of sp³-hybridized carbons (Fsp3) is 0.350. The van der Waals surface area contributed by atoms with Gasteiger partial charge in [0, 0.05) is 13.6 Å². The molecule has 2 aromatic rings. The molecule has 26 heavy (non-hydrogen) atoms. The standard InChI is InChI=1S/C20H25NO5/c1-15(26-19-7-5-4-6-8-19)20(23)21(2)13-16(22)14-25-18-11-9-17(24-3)10-12-18/h4-12,15-16,22H,13-14H2,1-3H3/t15-,16-/m1/s1. The van der Waals surface area contributed by atoms with Crippen LogP contribution in [0.2, 0.25) is 0 Å². The molecular formula is C20H25NO5. The minimum atomic E-state index is -0.810. The van der Waals surface area contributed by atoms with Crippen LogP contribution < -0.4 is 14.2 Å². The van der Waals surface area contributed by atoms with Crippen LogP contribution in [0.25, 0.3) is 0 Å². The van der Waals surface area contributed by atoms with Crippen LogP contribution in [0.1, 0.15) is 6.92 Å². The molecule has 0 aromatic heterocycles. The second-order valence-electron chi connectivity index (χ2n) is 5.93. The van der Waals surface area contributed by atoms with Crippen LogP contribution >= 0.6 is 0 Å². The van der Waals surface area contributed by atoms with E-state index < -0.39 is 12.2 Å². The minimum Gasteiger partial charge on any atom is -0.497 e. The largest absolute Gasteiger partial charge is 0.497 e. The Labute approximate surface area is 153 Å². The van der Waals surface area contributed by atoms with Gasteiger partial charge in [-0.25, -0.2) is 0 Å².